The molecule has 0 saturated carbocycles. The Morgan fingerprint density at radius 1 is 0.962 bits per heavy atom. The fourth-order valence-electron chi connectivity index (χ4n) is 3.05. The number of aromatic nitrogens is 3. The van der Waals surface area contributed by atoms with E-state index >= 15 is 0 Å². The van der Waals surface area contributed by atoms with E-state index in [4.69, 9.17) is 17.2 Å². The summed E-state index contributed by atoms with van der Waals surface area (Å²) in [4.78, 5) is 29.7. The van der Waals surface area contributed by atoms with Crippen LogP contribution in [0.15, 0.2) is 70.5 Å². The molecule has 1 aliphatic heterocycles. The van der Waals surface area contributed by atoms with Crippen LogP contribution in [-0.2, 0) is 17.4 Å². The monoisotopic (exact) mass is 365 g/mol. The molecule has 1 amide bonds. The fourth-order valence-corrected chi connectivity index (χ4v) is 3.27. The molecule has 2 heterocycles. The van der Waals surface area contributed by atoms with E-state index in [-0.39, 0.29) is 22.3 Å². The highest BCUT2D eigenvalue weighted by Crippen LogP contribution is 2.36. The van der Waals surface area contributed by atoms with E-state index in [1.54, 1.807) is 7.05 Å². The zero-order valence-corrected chi connectivity index (χ0v) is 14.7. The molecule has 0 spiro atoms. The molecule has 7 nitrogen and oxygen atoms in total. The molecular weight excluding hydrogens is 350 g/mol. The molecule has 0 radical (unpaired) electrons. The van der Waals surface area contributed by atoms with Crippen molar-refractivity contribution in [3.8, 4) is 0 Å². The third-order valence-electron chi connectivity index (χ3n) is 4.41. The Balaban J connectivity index is 1.99. The average molecular weight is 365 g/mol. The lowest BCUT2D eigenvalue weighted by atomic mass is 9.83. The molecule has 1 aromatic heterocycles. The number of carbonyl (C=O) groups is 1. The number of nitrogens with zero attached hydrogens (tertiary/aromatic N) is 3. The zero-order valence-electron chi connectivity index (χ0n) is 13.8. The van der Waals surface area contributed by atoms with Crippen LogP contribution in [0, 0.1) is 4.77 Å². The van der Waals surface area contributed by atoms with Gasteiger partial charge < -0.3 is 0 Å². The molecule has 3 aromatic rings. The first-order valence-corrected chi connectivity index (χ1v) is 8.35. The van der Waals surface area contributed by atoms with Crippen molar-refractivity contribution in [2.24, 2.45) is 12.0 Å². The van der Waals surface area contributed by atoms with Crippen molar-refractivity contribution >= 4 is 24.1 Å². The lowest BCUT2D eigenvalue weighted by molar-refractivity contribution is -0.122. The SMILES string of the molecule is Cn1c(=O)[nH]n(C2=NC(c3ccccc3)(c3ccccc3)C(=O)N2)c1=S. The van der Waals surface area contributed by atoms with Crippen LogP contribution >= 0.6 is 12.2 Å². The Hall–Kier alpha value is -3.26. The smallest absolute Gasteiger partial charge is 0.292 e. The highest BCUT2D eigenvalue weighted by Gasteiger charge is 2.47. The van der Waals surface area contributed by atoms with Crippen molar-refractivity contribution in [2.45, 2.75) is 5.54 Å². The Labute approximate surface area is 153 Å². The molecule has 0 aliphatic carbocycles. The highest BCUT2D eigenvalue weighted by atomic mass is 32.1. The lowest BCUT2D eigenvalue weighted by Gasteiger charge is -2.24. The summed E-state index contributed by atoms with van der Waals surface area (Å²) in [6.07, 6.45) is 0. The number of nitrogens with one attached hydrogen (secondary N) is 2. The lowest BCUT2D eigenvalue weighted by Crippen LogP contribution is -2.39. The molecule has 2 N–H and O–H groups in total. The molecule has 2 aromatic carbocycles. The van der Waals surface area contributed by atoms with E-state index in [0.29, 0.717) is 0 Å². The summed E-state index contributed by atoms with van der Waals surface area (Å²) < 4.78 is 2.80. The molecule has 0 atom stereocenters. The normalized spacial score (nSPS) is 15.6. The summed E-state index contributed by atoms with van der Waals surface area (Å²) in [7, 11) is 1.55. The van der Waals surface area contributed by atoms with Gasteiger partial charge in [0.15, 0.2) is 5.54 Å². The average Bonchev–Trinajstić information content (AvgIpc) is 3.15. The van der Waals surface area contributed by atoms with Crippen molar-refractivity contribution in [2.75, 3.05) is 0 Å². The number of aromatic amines is 1. The molecule has 0 fully saturated rings. The van der Waals surface area contributed by atoms with Crippen molar-refractivity contribution in [3.63, 3.8) is 0 Å². The standard InChI is InChI=1S/C18H15N5O2S/c1-22-16(25)21-23(17(22)26)15-19-14(24)18(20-15,12-8-4-2-5-9-12)13-10-6-3-7-11-13/h2-11H,1H3,(H,21,25)(H,19,20,24). The van der Waals surface area contributed by atoms with E-state index < -0.39 is 5.54 Å². The van der Waals surface area contributed by atoms with Gasteiger partial charge in [0.05, 0.1) is 0 Å². The van der Waals surface area contributed by atoms with Crippen LogP contribution in [-0.4, -0.2) is 26.2 Å². The van der Waals surface area contributed by atoms with Crippen LogP contribution in [0.3, 0.4) is 0 Å². The van der Waals surface area contributed by atoms with E-state index in [2.05, 4.69) is 10.4 Å². The van der Waals surface area contributed by atoms with Gasteiger partial charge in [-0.2, -0.15) is 4.68 Å². The number of amides is 1. The molecule has 130 valence electrons. The van der Waals surface area contributed by atoms with Crippen LogP contribution in [0.4, 0.5) is 0 Å². The van der Waals surface area contributed by atoms with Crippen LogP contribution in [0.1, 0.15) is 11.1 Å². The van der Waals surface area contributed by atoms with Crippen LogP contribution in [0.5, 0.6) is 0 Å². The van der Waals surface area contributed by atoms with Gasteiger partial charge in [-0.15, -0.1) is 0 Å². The minimum Gasteiger partial charge on any atom is -0.292 e. The van der Waals surface area contributed by atoms with Crippen molar-refractivity contribution in [1.29, 1.82) is 0 Å². The third-order valence-corrected chi connectivity index (χ3v) is 4.87. The molecule has 0 unspecified atom stereocenters. The fraction of sp³-hybridized carbons (Fsp3) is 0.111. The number of hydrogen-bond acceptors (Lipinski definition) is 4. The number of carbonyl (C=O) groups excluding carboxylic acids is 1. The Morgan fingerprint density at radius 2 is 1.50 bits per heavy atom. The number of aliphatic imine (C=N–C) groups is 1. The first-order chi connectivity index (χ1) is 12.5. The maximum atomic E-state index is 13.1. The summed E-state index contributed by atoms with van der Waals surface area (Å²) in [5, 5.41) is 5.35. The number of rotatable bonds is 2. The van der Waals surface area contributed by atoms with Gasteiger partial charge in [-0.1, -0.05) is 60.7 Å². The van der Waals surface area contributed by atoms with Gasteiger partial charge in [0, 0.05) is 7.05 Å². The molecule has 1 aliphatic rings. The summed E-state index contributed by atoms with van der Waals surface area (Å²) in [6, 6.07) is 18.6. The molecule has 8 heteroatoms. The van der Waals surface area contributed by atoms with Crippen molar-refractivity contribution < 1.29 is 4.79 Å². The largest absolute Gasteiger partial charge is 0.342 e. The van der Waals surface area contributed by atoms with Crippen molar-refractivity contribution in [1.82, 2.24) is 19.7 Å². The second-order valence-corrected chi connectivity index (χ2v) is 6.29. The Morgan fingerprint density at radius 3 is 1.96 bits per heavy atom. The van der Waals surface area contributed by atoms with E-state index in [1.807, 2.05) is 60.7 Å². The Bertz CT molecular complexity index is 1090. The first-order valence-electron chi connectivity index (χ1n) is 7.95. The second-order valence-electron chi connectivity index (χ2n) is 5.93. The van der Waals surface area contributed by atoms with Gasteiger partial charge in [-0.3, -0.25) is 14.7 Å². The molecular formula is C18H15N5O2S. The van der Waals surface area contributed by atoms with Crippen LogP contribution in [0.25, 0.3) is 0 Å². The van der Waals surface area contributed by atoms with Crippen LogP contribution in [0.2, 0.25) is 0 Å². The van der Waals surface area contributed by atoms with Gasteiger partial charge in [-0.05, 0) is 23.3 Å². The van der Waals surface area contributed by atoms with Gasteiger partial charge in [0.1, 0.15) is 0 Å². The van der Waals surface area contributed by atoms with E-state index in [1.165, 1.54) is 9.25 Å². The quantitative estimate of drug-likeness (QED) is 0.676. The van der Waals surface area contributed by atoms with Gasteiger partial charge in [0.25, 0.3) is 5.91 Å². The summed E-state index contributed by atoms with van der Waals surface area (Å²) in [5.41, 5.74) is -0.185. The zero-order chi connectivity index (χ0) is 18.3. The molecule has 0 saturated heterocycles. The minimum atomic E-state index is -1.25. The van der Waals surface area contributed by atoms with Crippen molar-refractivity contribution in [3.05, 3.63) is 87.0 Å². The highest BCUT2D eigenvalue weighted by molar-refractivity contribution is 7.71. The Kier molecular flexibility index (Phi) is 3.69. The predicted octanol–water partition coefficient (Wildman–Crippen LogP) is 1.52. The summed E-state index contributed by atoms with van der Waals surface area (Å²) in [5.74, 6) is -0.123. The van der Waals surface area contributed by atoms with Gasteiger partial charge >= 0.3 is 5.69 Å². The van der Waals surface area contributed by atoms with Gasteiger partial charge in [-0.25, -0.2) is 14.9 Å². The predicted molar refractivity (Wildman–Crippen MR) is 99.5 cm³/mol. The number of hydrogen-bond donors (Lipinski definition) is 2. The molecule has 26 heavy (non-hydrogen) atoms. The molecule has 0 bridgehead atoms. The second kappa shape index (κ2) is 5.92. The first kappa shape index (κ1) is 16.2. The van der Waals surface area contributed by atoms with E-state index in [0.717, 1.165) is 11.1 Å². The summed E-state index contributed by atoms with van der Waals surface area (Å²) in [6.45, 7) is 0. The molecule has 4 rings (SSSR count). The van der Waals surface area contributed by atoms with Crippen LogP contribution < -0.4 is 11.0 Å². The minimum absolute atomic E-state index is 0.186. The maximum absolute atomic E-state index is 13.1. The third kappa shape index (κ3) is 2.26. The van der Waals surface area contributed by atoms with E-state index in [9.17, 15) is 9.59 Å². The van der Waals surface area contributed by atoms with Gasteiger partial charge in [0.2, 0.25) is 10.7 Å². The number of H-pyrrole nitrogens is 1. The maximum Gasteiger partial charge on any atom is 0.342 e. The number of benzene rings is 2. The summed E-state index contributed by atoms with van der Waals surface area (Å²) >= 11 is 5.26. The topological polar surface area (TPSA) is 84.2 Å².